The summed E-state index contributed by atoms with van der Waals surface area (Å²) in [7, 11) is -0.171. The molecule has 0 unspecified atom stereocenters. The van der Waals surface area contributed by atoms with Crippen LogP contribution < -0.4 is 0 Å². The molecule has 6 heteroatoms. The highest BCUT2D eigenvalue weighted by molar-refractivity contribution is 9.10. The molecular formula is C28H40Br2F2OSi. The number of halogens is 4. The number of aliphatic hydroxyl groups is 1. The second kappa shape index (κ2) is 14.9. The van der Waals surface area contributed by atoms with E-state index in [1.54, 1.807) is 18.2 Å². The second-order valence-electron chi connectivity index (χ2n) is 9.60. The van der Waals surface area contributed by atoms with Crippen LogP contribution in [0.3, 0.4) is 0 Å². The van der Waals surface area contributed by atoms with E-state index in [2.05, 4.69) is 52.6 Å². The molecule has 2 aliphatic carbocycles. The van der Waals surface area contributed by atoms with Gasteiger partial charge in [-0.2, -0.15) is 0 Å². The highest BCUT2D eigenvalue weighted by Gasteiger charge is 2.35. The number of rotatable bonds is 5. The first-order valence-electron chi connectivity index (χ1n) is 12.9. The lowest BCUT2D eigenvalue weighted by Crippen LogP contribution is -2.22. The average molecular weight is 619 g/mol. The maximum Gasteiger partial charge on any atom is 0.130 e. The Morgan fingerprint density at radius 2 is 1.32 bits per heavy atom. The SMILES string of the molecule is CC[SiH](CC)CC.Fc1cc(Br)ccc1C1CCCC1.OC1(c2ccc(Br)cc2F)CCCC1. The predicted molar refractivity (Wildman–Crippen MR) is 150 cm³/mol. The van der Waals surface area contributed by atoms with Gasteiger partial charge in [0, 0.05) is 23.3 Å². The normalized spacial score (nSPS) is 17.2. The summed E-state index contributed by atoms with van der Waals surface area (Å²) in [6, 6.07) is 14.7. The molecule has 1 N–H and O–H groups in total. The Hall–Kier alpha value is -0.563. The lowest BCUT2D eigenvalue weighted by Gasteiger charge is -2.23. The molecule has 190 valence electrons. The van der Waals surface area contributed by atoms with Crippen LogP contribution in [0.2, 0.25) is 18.1 Å². The van der Waals surface area contributed by atoms with E-state index in [0.29, 0.717) is 28.8 Å². The monoisotopic (exact) mass is 616 g/mol. The zero-order valence-electron chi connectivity index (χ0n) is 20.9. The van der Waals surface area contributed by atoms with Crippen molar-refractivity contribution in [3.05, 3.63) is 68.1 Å². The Morgan fingerprint density at radius 3 is 1.76 bits per heavy atom. The van der Waals surface area contributed by atoms with Crippen LogP contribution in [0.25, 0.3) is 0 Å². The third-order valence-electron chi connectivity index (χ3n) is 7.35. The van der Waals surface area contributed by atoms with Gasteiger partial charge < -0.3 is 5.11 Å². The lowest BCUT2D eigenvalue weighted by molar-refractivity contribution is 0.0407. The first-order valence-corrected chi connectivity index (χ1v) is 16.9. The predicted octanol–water partition coefficient (Wildman–Crippen LogP) is 9.87. The van der Waals surface area contributed by atoms with Crippen LogP contribution in [-0.4, -0.2) is 13.9 Å². The molecule has 34 heavy (non-hydrogen) atoms. The molecule has 2 aromatic rings. The van der Waals surface area contributed by atoms with Crippen LogP contribution in [-0.2, 0) is 5.60 Å². The second-order valence-corrected chi connectivity index (χ2v) is 15.6. The van der Waals surface area contributed by atoms with Gasteiger partial charge in [0.25, 0.3) is 0 Å². The van der Waals surface area contributed by atoms with Gasteiger partial charge in [-0.15, -0.1) is 0 Å². The quantitative estimate of drug-likeness (QED) is 0.331. The molecule has 0 heterocycles. The first-order chi connectivity index (χ1) is 16.2. The van der Waals surface area contributed by atoms with E-state index in [0.717, 1.165) is 35.7 Å². The summed E-state index contributed by atoms with van der Waals surface area (Å²) >= 11 is 6.47. The largest absolute Gasteiger partial charge is 0.385 e. The maximum atomic E-state index is 13.6. The topological polar surface area (TPSA) is 20.2 Å². The third kappa shape index (κ3) is 8.83. The fourth-order valence-electron chi connectivity index (χ4n) is 5.03. The van der Waals surface area contributed by atoms with Gasteiger partial charge in [0.15, 0.2) is 0 Å². The fourth-order valence-corrected chi connectivity index (χ4v) is 7.43. The van der Waals surface area contributed by atoms with E-state index >= 15 is 0 Å². The molecule has 0 aromatic heterocycles. The average Bonchev–Trinajstić information content (AvgIpc) is 3.49. The van der Waals surface area contributed by atoms with Crippen molar-refractivity contribution in [1.82, 2.24) is 0 Å². The molecule has 2 saturated carbocycles. The Bertz CT molecular complexity index is 871. The van der Waals surface area contributed by atoms with Gasteiger partial charge in [-0.1, -0.05) is 109 Å². The highest BCUT2D eigenvalue weighted by atomic mass is 79.9. The minimum absolute atomic E-state index is 0.0544. The van der Waals surface area contributed by atoms with E-state index in [9.17, 15) is 13.9 Å². The van der Waals surface area contributed by atoms with E-state index < -0.39 is 5.60 Å². The Labute approximate surface area is 223 Å². The minimum atomic E-state index is -0.926. The number of hydrogen-bond acceptors (Lipinski definition) is 1. The molecular weight excluding hydrogens is 578 g/mol. The summed E-state index contributed by atoms with van der Waals surface area (Å²) in [4.78, 5) is 0. The van der Waals surface area contributed by atoms with Crippen LogP contribution in [0.15, 0.2) is 45.3 Å². The molecule has 0 aliphatic heterocycles. The summed E-state index contributed by atoms with van der Waals surface area (Å²) in [5.41, 5.74) is 0.420. The first kappa shape index (κ1) is 29.7. The van der Waals surface area contributed by atoms with Gasteiger partial charge in [-0.05, 0) is 61.4 Å². The molecule has 0 saturated heterocycles. The zero-order chi connectivity index (χ0) is 25.1. The van der Waals surface area contributed by atoms with Crippen molar-refractivity contribution in [3.63, 3.8) is 0 Å². The summed E-state index contributed by atoms with van der Waals surface area (Å²) < 4.78 is 28.6. The molecule has 2 aromatic carbocycles. The van der Waals surface area contributed by atoms with Crippen molar-refractivity contribution in [3.8, 4) is 0 Å². The number of benzene rings is 2. The standard InChI is InChI=1S/C11H12BrFO.C11H12BrF.C6H16Si/c12-8-3-4-9(10(13)7-8)11(14)5-1-2-6-11;12-9-5-6-10(11(13)7-9)8-3-1-2-4-8;1-4-7(5-2)6-3/h3-4,7,14H,1-2,5-6H2;5-8H,1-4H2;7H,4-6H2,1-3H3. The number of hydrogen-bond donors (Lipinski definition) is 1. The summed E-state index contributed by atoms with van der Waals surface area (Å²) in [6.45, 7) is 6.97. The minimum Gasteiger partial charge on any atom is -0.385 e. The van der Waals surface area contributed by atoms with E-state index in [1.807, 2.05) is 12.1 Å². The van der Waals surface area contributed by atoms with Gasteiger partial charge in [0.05, 0.1) is 5.60 Å². The van der Waals surface area contributed by atoms with Crippen molar-refractivity contribution in [2.45, 2.75) is 102 Å². The Kier molecular flexibility index (Phi) is 13.0. The molecule has 0 radical (unpaired) electrons. The third-order valence-corrected chi connectivity index (χ3v) is 11.8. The van der Waals surface area contributed by atoms with E-state index in [-0.39, 0.29) is 20.4 Å². The van der Waals surface area contributed by atoms with Gasteiger partial charge in [0.2, 0.25) is 0 Å². The molecule has 0 amide bonds. The molecule has 1 nitrogen and oxygen atoms in total. The summed E-state index contributed by atoms with van der Waals surface area (Å²) in [6.07, 6.45) is 8.10. The van der Waals surface area contributed by atoms with Gasteiger partial charge in [-0.25, -0.2) is 8.78 Å². The fraction of sp³-hybridized carbons (Fsp3) is 0.571. The molecule has 0 spiro atoms. The van der Waals surface area contributed by atoms with Crippen molar-refractivity contribution < 1.29 is 13.9 Å². The van der Waals surface area contributed by atoms with Gasteiger partial charge >= 0.3 is 0 Å². The van der Waals surface area contributed by atoms with Crippen LogP contribution in [0.1, 0.15) is 89.2 Å². The lowest BCUT2D eigenvalue weighted by atomic mass is 9.92. The van der Waals surface area contributed by atoms with Gasteiger partial charge in [-0.3, -0.25) is 0 Å². The van der Waals surface area contributed by atoms with E-state index in [1.165, 1.54) is 37.0 Å². The van der Waals surface area contributed by atoms with Crippen LogP contribution in [0.4, 0.5) is 8.78 Å². The Morgan fingerprint density at radius 1 is 0.824 bits per heavy atom. The zero-order valence-corrected chi connectivity index (χ0v) is 25.2. The summed E-state index contributed by atoms with van der Waals surface area (Å²) in [5, 5.41) is 10.2. The van der Waals surface area contributed by atoms with Crippen LogP contribution >= 0.6 is 31.9 Å². The highest BCUT2D eigenvalue weighted by Crippen LogP contribution is 2.40. The van der Waals surface area contributed by atoms with Crippen LogP contribution in [0, 0.1) is 11.6 Å². The van der Waals surface area contributed by atoms with Crippen molar-refractivity contribution in [2.75, 3.05) is 0 Å². The van der Waals surface area contributed by atoms with Gasteiger partial charge in [0.1, 0.15) is 11.6 Å². The van der Waals surface area contributed by atoms with Crippen molar-refractivity contribution >= 4 is 40.7 Å². The van der Waals surface area contributed by atoms with E-state index in [4.69, 9.17) is 0 Å². The molecule has 2 aliphatic rings. The van der Waals surface area contributed by atoms with Crippen molar-refractivity contribution in [2.24, 2.45) is 0 Å². The molecule has 4 rings (SSSR count). The summed E-state index contributed by atoms with van der Waals surface area (Å²) in [5.74, 6) is 0.0955. The molecule has 0 bridgehead atoms. The Balaban J connectivity index is 0.000000191. The maximum absolute atomic E-state index is 13.6. The smallest absolute Gasteiger partial charge is 0.130 e. The van der Waals surface area contributed by atoms with Crippen molar-refractivity contribution in [1.29, 1.82) is 0 Å². The molecule has 0 atom stereocenters. The molecule has 2 fully saturated rings. The van der Waals surface area contributed by atoms with Crippen LogP contribution in [0.5, 0.6) is 0 Å².